The van der Waals surface area contributed by atoms with Crippen LogP contribution < -0.4 is 0 Å². The first-order valence-electron chi connectivity index (χ1n) is 8.58. The van der Waals surface area contributed by atoms with Crippen LogP contribution in [0, 0.1) is 0 Å². The molecule has 2 saturated heterocycles. The molecule has 126 valence electrons. The maximum absolute atomic E-state index is 11.2. The van der Waals surface area contributed by atoms with Crippen molar-refractivity contribution in [1.29, 1.82) is 0 Å². The molecule has 0 unspecified atom stereocenters. The van der Waals surface area contributed by atoms with Gasteiger partial charge in [0.15, 0.2) is 0 Å². The van der Waals surface area contributed by atoms with Gasteiger partial charge >= 0.3 is 5.97 Å². The van der Waals surface area contributed by atoms with E-state index in [1.807, 2.05) is 12.1 Å². The molecule has 0 radical (unpaired) electrons. The van der Waals surface area contributed by atoms with Crippen LogP contribution in [0.5, 0.6) is 0 Å². The van der Waals surface area contributed by atoms with Crippen LogP contribution in [0.4, 0.5) is 0 Å². The number of rotatable bonds is 5. The maximum atomic E-state index is 11.2. The van der Waals surface area contributed by atoms with Gasteiger partial charge in [-0.05, 0) is 43.0 Å². The molecule has 0 spiro atoms. The fraction of sp³-hybridized carbons (Fsp3) is 0.611. The lowest BCUT2D eigenvalue weighted by molar-refractivity contribution is 0.0319. The quantitative estimate of drug-likeness (QED) is 0.898. The number of carboxylic acid groups (broad SMARTS) is 1. The van der Waals surface area contributed by atoms with Crippen molar-refractivity contribution >= 4 is 5.97 Å². The highest BCUT2D eigenvalue weighted by atomic mass is 16.5. The molecule has 2 aliphatic heterocycles. The van der Waals surface area contributed by atoms with E-state index in [0.717, 1.165) is 58.9 Å². The molecule has 0 aromatic heterocycles. The predicted molar refractivity (Wildman–Crippen MR) is 89.1 cm³/mol. The van der Waals surface area contributed by atoms with Gasteiger partial charge in [-0.3, -0.25) is 4.90 Å². The Morgan fingerprint density at radius 3 is 2.74 bits per heavy atom. The second-order valence-corrected chi connectivity index (χ2v) is 6.52. The minimum Gasteiger partial charge on any atom is -0.478 e. The third-order valence-corrected chi connectivity index (χ3v) is 4.95. The summed E-state index contributed by atoms with van der Waals surface area (Å²) in [7, 11) is 0. The summed E-state index contributed by atoms with van der Waals surface area (Å²) in [6, 6.07) is 7.46. The standard InChI is InChI=1S/C18H26N2O3/c21-18(22)16-4-1-3-15(13-16)17-5-2-6-20(14-17)8-7-19-9-11-23-12-10-19/h1,3-4,13,17H,2,5-12,14H2,(H,21,22)/t17-/m0/s1. The van der Waals surface area contributed by atoms with Crippen molar-refractivity contribution < 1.29 is 14.6 Å². The second-order valence-electron chi connectivity index (χ2n) is 6.52. The molecule has 2 fully saturated rings. The topological polar surface area (TPSA) is 53.0 Å². The lowest BCUT2D eigenvalue weighted by Gasteiger charge is -2.35. The summed E-state index contributed by atoms with van der Waals surface area (Å²) in [5, 5.41) is 9.16. The third-order valence-electron chi connectivity index (χ3n) is 4.95. The summed E-state index contributed by atoms with van der Waals surface area (Å²) >= 11 is 0. The first kappa shape index (κ1) is 16.4. The Kier molecular flexibility index (Phi) is 5.65. The molecule has 5 nitrogen and oxygen atoms in total. The SMILES string of the molecule is O=C(O)c1cccc([C@H]2CCCN(CCN3CCOCC3)C2)c1. The summed E-state index contributed by atoms with van der Waals surface area (Å²) in [6.45, 7) is 8.16. The van der Waals surface area contributed by atoms with Crippen molar-refractivity contribution in [3.05, 3.63) is 35.4 Å². The number of carboxylic acids is 1. The van der Waals surface area contributed by atoms with Gasteiger partial charge in [0.1, 0.15) is 0 Å². The van der Waals surface area contributed by atoms with E-state index in [4.69, 9.17) is 9.84 Å². The zero-order valence-electron chi connectivity index (χ0n) is 13.6. The molecule has 1 atom stereocenters. The Balaban J connectivity index is 1.55. The van der Waals surface area contributed by atoms with E-state index in [-0.39, 0.29) is 0 Å². The Bertz CT molecular complexity index is 529. The molecule has 0 aliphatic carbocycles. The van der Waals surface area contributed by atoms with Crippen LogP contribution in [-0.2, 0) is 4.74 Å². The van der Waals surface area contributed by atoms with E-state index < -0.39 is 5.97 Å². The minimum absolute atomic E-state index is 0.396. The number of aromatic carboxylic acids is 1. The van der Waals surface area contributed by atoms with Gasteiger partial charge in [-0.15, -0.1) is 0 Å². The lowest BCUT2D eigenvalue weighted by atomic mass is 9.89. The zero-order valence-corrected chi connectivity index (χ0v) is 13.6. The first-order valence-corrected chi connectivity index (χ1v) is 8.58. The van der Waals surface area contributed by atoms with Crippen LogP contribution >= 0.6 is 0 Å². The average Bonchev–Trinajstić information content (AvgIpc) is 2.61. The molecule has 1 N–H and O–H groups in total. The van der Waals surface area contributed by atoms with Crippen LogP contribution in [0.25, 0.3) is 0 Å². The number of ether oxygens (including phenoxy) is 1. The van der Waals surface area contributed by atoms with Gasteiger partial charge in [-0.1, -0.05) is 12.1 Å². The molecule has 1 aromatic rings. The largest absolute Gasteiger partial charge is 0.478 e. The Hall–Kier alpha value is -1.43. The van der Waals surface area contributed by atoms with Crippen LogP contribution in [0.2, 0.25) is 0 Å². The Morgan fingerprint density at radius 1 is 1.17 bits per heavy atom. The lowest BCUT2D eigenvalue weighted by Crippen LogP contribution is -2.43. The highest BCUT2D eigenvalue weighted by Crippen LogP contribution is 2.27. The molecule has 23 heavy (non-hydrogen) atoms. The number of nitrogens with zero attached hydrogens (tertiary/aromatic N) is 2. The number of morpholine rings is 1. The van der Waals surface area contributed by atoms with Crippen molar-refractivity contribution in [2.75, 3.05) is 52.5 Å². The van der Waals surface area contributed by atoms with Gasteiger partial charge in [0.2, 0.25) is 0 Å². The van der Waals surface area contributed by atoms with Crippen LogP contribution in [0.3, 0.4) is 0 Å². The zero-order chi connectivity index (χ0) is 16.1. The number of likely N-dealkylation sites (tertiary alicyclic amines) is 1. The first-order chi connectivity index (χ1) is 11.2. The molecule has 0 amide bonds. The minimum atomic E-state index is -0.841. The number of benzene rings is 1. The molecule has 1 aromatic carbocycles. The van der Waals surface area contributed by atoms with E-state index in [1.54, 1.807) is 6.07 Å². The summed E-state index contributed by atoms with van der Waals surface area (Å²) in [5.41, 5.74) is 1.56. The smallest absolute Gasteiger partial charge is 0.335 e. The Morgan fingerprint density at radius 2 is 1.96 bits per heavy atom. The van der Waals surface area contributed by atoms with Gasteiger partial charge < -0.3 is 14.7 Å². The highest BCUT2D eigenvalue weighted by molar-refractivity contribution is 5.87. The van der Waals surface area contributed by atoms with Gasteiger partial charge in [-0.2, -0.15) is 0 Å². The van der Waals surface area contributed by atoms with E-state index in [2.05, 4.69) is 15.9 Å². The molecular weight excluding hydrogens is 292 g/mol. The average molecular weight is 318 g/mol. The highest BCUT2D eigenvalue weighted by Gasteiger charge is 2.22. The number of hydrogen-bond acceptors (Lipinski definition) is 4. The Labute approximate surface area is 137 Å². The fourth-order valence-electron chi connectivity index (χ4n) is 3.56. The van der Waals surface area contributed by atoms with E-state index in [1.165, 1.54) is 12.0 Å². The van der Waals surface area contributed by atoms with Crippen molar-refractivity contribution in [2.45, 2.75) is 18.8 Å². The normalized spacial score (nSPS) is 23.7. The number of hydrogen-bond donors (Lipinski definition) is 1. The molecule has 0 bridgehead atoms. The van der Waals surface area contributed by atoms with Crippen molar-refractivity contribution in [3.63, 3.8) is 0 Å². The van der Waals surface area contributed by atoms with Gasteiger partial charge in [0, 0.05) is 32.7 Å². The molecular formula is C18H26N2O3. The van der Waals surface area contributed by atoms with E-state index in [0.29, 0.717) is 11.5 Å². The van der Waals surface area contributed by atoms with Gasteiger partial charge in [0.25, 0.3) is 0 Å². The monoisotopic (exact) mass is 318 g/mol. The number of carbonyl (C=O) groups is 1. The van der Waals surface area contributed by atoms with Crippen LogP contribution in [0.1, 0.15) is 34.7 Å². The summed E-state index contributed by atoms with van der Waals surface area (Å²) in [5.74, 6) is -0.389. The van der Waals surface area contributed by atoms with Gasteiger partial charge in [0.05, 0.1) is 18.8 Å². The van der Waals surface area contributed by atoms with E-state index >= 15 is 0 Å². The molecule has 3 rings (SSSR count). The van der Waals surface area contributed by atoms with Crippen molar-refractivity contribution in [1.82, 2.24) is 9.80 Å². The van der Waals surface area contributed by atoms with Gasteiger partial charge in [-0.25, -0.2) is 4.79 Å². The van der Waals surface area contributed by atoms with Crippen molar-refractivity contribution in [2.24, 2.45) is 0 Å². The molecule has 2 aliphatic rings. The summed E-state index contributed by atoms with van der Waals surface area (Å²) < 4.78 is 5.39. The molecule has 0 saturated carbocycles. The number of piperidine rings is 1. The van der Waals surface area contributed by atoms with Crippen molar-refractivity contribution in [3.8, 4) is 0 Å². The fourth-order valence-corrected chi connectivity index (χ4v) is 3.56. The maximum Gasteiger partial charge on any atom is 0.335 e. The molecule has 2 heterocycles. The van der Waals surface area contributed by atoms with E-state index in [9.17, 15) is 4.79 Å². The summed E-state index contributed by atoms with van der Waals surface area (Å²) in [6.07, 6.45) is 2.34. The third kappa shape index (κ3) is 4.53. The molecule has 5 heteroatoms. The second kappa shape index (κ2) is 7.90. The van der Waals surface area contributed by atoms with Crippen LogP contribution in [-0.4, -0.2) is 73.4 Å². The predicted octanol–water partition coefficient (Wildman–Crippen LogP) is 1.90. The van der Waals surface area contributed by atoms with Crippen LogP contribution in [0.15, 0.2) is 24.3 Å². The summed E-state index contributed by atoms with van der Waals surface area (Å²) in [4.78, 5) is 16.1.